The van der Waals surface area contributed by atoms with Gasteiger partial charge in [0.1, 0.15) is 11.3 Å². The number of ether oxygens (including phenoxy) is 1. The molecule has 1 amide bonds. The minimum atomic E-state index is -4.87. The highest BCUT2D eigenvalue weighted by molar-refractivity contribution is 7.14. The molecule has 1 aromatic carbocycles. The molecule has 3 aliphatic heterocycles. The van der Waals surface area contributed by atoms with E-state index in [-0.39, 0.29) is 11.6 Å². The van der Waals surface area contributed by atoms with Crippen LogP contribution < -0.4 is 0 Å². The molecule has 5 nitrogen and oxygen atoms in total. The summed E-state index contributed by atoms with van der Waals surface area (Å²) in [6, 6.07) is 3.58. The van der Waals surface area contributed by atoms with E-state index in [4.69, 9.17) is 32.8 Å². The third-order valence-corrected chi connectivity index (χ3v) is 9.26. The molecular formula is C24H20Cl2F4N2O3S. The van der Waals surface area contributed by atoms with Crippen molar-refractivity contribution in [3.05, 3.63) is 54.9 Å². The molecule has 1 saturated heterocycles. The maximum atomic E-state index is 14.3. The van der Waals surface area contributed by atoms with E-state index in [1.807, 2.05) is 6.07 Å². The lowest BCUT2D eigenvalue weighted by Gasteiger charge is -2.51. The van der Waals surface area contributed by atoms with Gasteiger partial charge in [-0.1, -0.05) is 28.4 Å². The Labute approximate surface area is 217 Å². The quantitative estimate of drug-likeness (QED) is 0.330. The molecule has 0 N–H and O–H groups in total. The molecule has 1 atom stereocenters. The monoisotopic (exact) mass is 562 g/mol. The Balaban J connectivity index is 1.27. The highest BCUT2D eigenvalue weighted by atomic mass is 35.5. The summed E-state index contributed by atoms with van der Waals surface area (Å²) in [5.41, 5.74) is -2.79. The number of halogens is 6. The van der Waals surface area contributed by atoms with Crippen LogP contribution in [0.25, 0.3) is 0 Å². The van der Waals surface area contributed by atoms with Crippen molar-refractivity contribution in [1.82, 2.24) is 4.90 Å². The molecule has 2 aromatic rings. The van der Waals surface area contributed by atoms with Crippen LogP contribution in [0.3, 0.4) is 0 Å². The number of hydrogen-bond acceptors (Lipinski definition) is 5. The third-order valence-electron chi connectivity index (χ3n) is 7.30. The van der Waals surface area contributed by atoms with Crippen molar-refractivity contribution in [1.29, 1.82) is 0 Å². The molecule has 0 bridgehead atoms. The number of nitrogens with zero attached hydrogens (tertiary/aromatic N) is 2. The van der Waals surface area contributed by atoms with Crippen molar-refractivity contribution in [2.24, 2.45) is 11.1 Å². The van der Waals surface area contributed by atoms with Gasteiger partial charge in [0.2, 0.25) is 5.91 Å². The van der Waals surface area contributed by atoms with Crippen LogP contribution in [0.5, 0.6) is 0 Å². The first-order valence-corrected chi connectivity index (χ1v) is 13.1. The van der Waals surface area contributed by atoms with Crippen molar-refractivity contribution in [2.45, 2.75) is 49.5 Å². The van der Waals surface area contributed by atoms with Crippen LogP contribution in [-0.4, -0.2) is 42.4 Å². The van der Waals surface area contributed by atoms with E-state index >= 15 is 0 Å². The van der Waals surface area contributed by atoms with E-state index in [1.54, 1.807) is 4.90 Å². The lowest BCUT2D eigenvalue weighted by atomic mass is 9.86. The number of hydrogen-bond donors (Lipinski definition) is 0. The van der Waals surface area contributed by atoms with Crippen LogP contribution in [0.2, 0.25) is 10.0 Å². The average molecular weight is 563 g/mol. The van der Waals surface area contributed by atoms with E-state index in [0.717, 1.165) is 35.4 Å². The molecule has 0 radical (unpaired) electrons. The highest BCUT2D eigenvalue weighted by Crippen LogP contribution is 2.52. The van der Waals surface area contributed by atoms with Gasteiger partial charge in [-0.2, -0.15) is 13.2 Å². The number of likely N-dealkylation sites (tertiary alicyclic amines) is 1. The smallest absolute Gasteiger partial charge is 0.374 e. The summed E-state index contributed by atoms with van der Waals surface area (Å²) in [6.07, 6.45) is -2.12. The van der Waals surface area contributed by atoms with E-state index in [1.165, 1.54) is 11.3 Å². The number of alkyl halides is 3. The molecule has 2 fully saturated rings. The molecular weight excluding hydrogens is 543 g/mol. The van der Waals surface area contributed by atoms with Gasteiger partial charge in [0, 0.05) is 16.9 Å². The van der Waals surface area contributed by atoms with Crippen LogP contribution in [0, 0.1) is 11.7 Å². The summed E-state index contributed by atoms with van der Waals surface area (Å²) in [5.74, 6) is -0.388. The van der Waals surface area contributed by atoms with Crippen molar-refractivity contribution in [3.63, 3.8) is 0 Å². The van der Waals surface area contributed by atoms with Gasteiger partial charge in [-0.25, -0.2) is 4.39 Å². The van der Waals surface area contributed by atoms with Crippen LogP contribution >= 0.6 is 34.5 Å². The second-order valence-electron chi connectivity index (χ2n) is 9.84. The maximum absolute atomic E-state index is 14.3. The summed E-state index contributed by atoms with van der Waals surface area (Å²) < 4.78 is 63.1. The van der Waals surface area contributed by atoms with Gasteiger partial charge in [0.15, 0.2) is 5.82 Å². The zero-order valence-corrected chi connectivity index (χ0v) is 21.1. The Bertz CT molecular complexity index is 1260. The summed E-state index contributed by atoms with van der Waals surface area (Å²) >= 11 is 12.9. The van der Waals surface area contributed by atoms with Crippen molar-refractivity contribution >= 4 is 46.2 Å². The number of rotatable bonds is 4. The minimum Gasteiger partial charge on any atom is -0.374 e. The molecule has 1 unspecified atom stereocenters. The van der Waals surface area contributed by atoms with Gasteiger partial charge in [-0.05, 0) is 48.9 Å². The van der Waals surface area contributed by atoms with Crippen molar-refractivity contribution in [2.75, 3.05) is 19.7 Å². The molecule has 192 valence electrons. The predicted molar refractivity (Wildman–Crippen MR) is 126 cm³/mol. The van der Waals surface area contributed by atoms with Gasteiger partial charge in [0.25, 0.3) is 5.60 Å². The molecule has 6 rings (SSSR count). The van der Waals surface area contributed by atoms with Crippen LogP contribution in [0.1, 0.15) is 46.6 Å². The number of carbonyl (C=O) groups excluding carboxylic acids is 1. The average Bonchev–Trinajstić information content (AvgIpc) is 3.30. The fourth-order valence-electron chi connectivity index (χ4n) is 5.07. The first-order chi connectivity index (χ1) is 17.0. The zero-order chi connectivity index (χ0) is 25.5. The summed E-state index contributed by atoms with van der Waals surface area (Å²) in [6.45, 7) is 1.34. The highest BCUT2D eigenvalue weighted by Gasteiger charge is 2.63. The number of benzene rings is 1. The largest absolute Gasteiger partial charge is 0.435 e. The number of oxime groups is 1. The summed E-state index contributed by atoms with van der Waals surface area (Å²) in [4.78, 5) is 20.8. The van der Waals surface area contributed by atoms with Crippen LogP contribution in [-0.2, 0) is 32.0 Å². The molecule has 36 heavy (non-hydrogen) atoms. The molecule has 4 aliphatic rings. The second kappa shape index (κ2) is 8.31. The lowest BCUT2D eigenvalue weighted by molar-refractivity contribution is -0.275. The first kappa shape index (κ1) is 24.5. The standard InChI is InChI=1S/C24H20Cl2F4N2O3S/c25-15-7-14(8-16(26)20(15)27)23(24(28,29)30)9-17(31-35-23)18-6-13-3-4-34-22(21(13)36-18)10-32(11-22)19(33)5-12-1-2-12/h6-8,12H,1-5,9-11H2. The molecule has 1 spiro atoms. The fourth-order valence-corrected chi connectivity index (χ4v) is 6.87. The van der Waals surface area contributed by atoms with Gasteiger partial charge in [-0.3, -0.25) is 4.79 Å². The van der Waals surface area contributed by atoms with Gasteiger partial charge >= 0.3 is 6.18 Å². The number of fused-ring (bicyclic) bond motifs is 2. The number of amides is 1. The SMILES string of the molecule is O=C(CC1CC1)N1CC2(C1)OCCc1cc(C3=NOC(c4cc(Cl)c(F)c(Cl)c4)(C(F)(F)F)C3)sc12. The Hall–Kier alpha value is -1.88. The number of carbonyl (C=O) groups is 1. The zero-order valence-electron chi connectivity index (χ0n) is 18.8. The van der Waals surface area contributed by atoms with E-state index in [0.29, 0.717) is 43.3 Å². The second-order valence-corrected chi connectivity index (χ2v) is 11.7. The molecule has 4 heterocycles. The Morgan fingerprint density at radius 2 is 1.89 bits per heavy atom. The van der Waals surface area contributed by atoms with E-state index in [2.05, 4.69) is 5.16 Å². The molecule has 12 heteroatoms. The third kappa shape index (κ3) is 3.83. The van der Waals surface area contributed by atoms with Crippen molar-refractivity contribution in [3.8, 4) is 0 Å². The predicted octanol–water partition coefficient (Wildman–Crippen LogP) is 6.19. The molecule has 1 aliphatic carbocycles. The van der Waals surface area contributed by atoms with Crippen LogP contribution in [0.4, 0.5) is 17.6 Å². The Kier molecular flexibility index (Phi) is 5.65. The topological polar surface area (TPSA) is 51.1 Å². The molecule has 1 saturated carbocycles. The molecule has 1 aromatic heterocycles. The first-order valence-electron chi connectivity index (χ1n) is 11.5. The maximum Gasteiger partial charge on any atom is 0.435 e. The normalized spacial score (nSPS) is 24.8. The minimum absolute atomic E-state index is 0.121. The Morgan fingerprint density at radius 3 is 2.53 bits per heavy atom. The lowest BCUT2D eigenvalue weighted by Crippen LogP contribution is -2.63. The summed E-state index contributed by atoms with van der Waals surface area (Å²) in [5, 5.41) is 2.76. The van der Waals surface area contributed by atoms with Gasteiger partial charge in [-0.15, -0.1) is 11.3 Å². The van der Waals surface area contributed by atoms with Gasteiger partial charge < -0.3 is 14.5 Å². The van der Waals surface area contributed by atoms with E-state index in [9.17, 15) is 22.4 Å². The fraction of sp³-hybridized carbons (Fsp3) is 0.500. The van der Waals surface area contributed by atoms with Crippen molar-refractivity contribution < 1.29 is 31.9 Å². The number of thiophene rings is 1. The Morgan fingerprint density at radius 1 is 1.19 bits per heavy atom. The summed E-state index contributed by atoms with van der Waals surface area (Å²) in [7, 11) is 0. The van der Waals surface area contributed by atoms with Gasteiger partial charge in [0.05, 0.1) is 41.0 Å². The van der Waals surface area contributed by atoms with Crippen LogP contribution in [0.15, 0.2) is 23.4 Å². The van der Waals surface area contributed by atoms with E-state index < -0.39 is 45.2 Å².